The summed E-state index contributed by atoms with van der Waals surface area (Å²) in [6.45, 7) is 5.54. The monoisotopic (exact) mass is 257 g/mol. The molecule has 1 atom stereocenters. The molecule has 1 rings (SSSR count). The Balaban J connectivity index is 2.51. The molecule has 0 radical (unpaired) electrons. The lowest BCUT2D eigenvalue weighted by Crippen LogP contribution is -2.49. The van der Waals surface area contributed by atoms with Crippen LogP contribution in [0, 0.1) is 5.92 Å². The number of amides is 1. The van der Waals surface area contributed by atoms with E-state index in [4.69, 9.17) is 9.47 Å². The second kappa shape index (κ2) is 6.18. The highest BCUT2D eigenvalue weighted by Gasteiger charge is 2.32. The number of hydrogen-bond acceptors (Lipinski definition) is 4. The zero-order chi connectivity index (χ0) is 13.8. The van der Waals surface area contributed by atoms with Gasteiger partial charge in [-0.15, -0.1) is 0 Å². The maximum Gasteiger partial charge on any atom is 0.408 e. The van der Waals surface area contributed by atoms with Gasteiger partial charge < -0.3 is 14.8 Å². The Labute approximate surface area is 108 Å². The van der Waals surface area contributed by atoms with Gasteiger partial charge in [-0.1, -0.05) is 6.42 Å². The van der Waals surface area contributed by atoms with E-state index in [9.17, 15) is 9.59 Å². The molecule has 0 bridgehead atoms. The van der Waals surface area contributed by atoms with Gasteiger partial charge in [0.05, 0.1) is 6.61 Å². The highest BCUT2D eigenvalue weighted by molar-refractivity contribution is 5.89. The van der Waals surface area contributed by atoms with Gasteiger partial charge in [0.15, 0.2) is 5.78 Å². The van der Waals surface area contributed by atoms with Crippen molar-refractivity contribution in [1.82, 2.24) is 5.32 Å². The topological polar surface area (TPSA) is 64.6 Å². The van der Waals surface area contributed by atoms with Crippen molar-refractivity contribution in [3.8, 4) is 0 Å². The molecule has 1 N–H and O–H groups in total. The van der Waals surface area contributed by atoms with Crippen LogP contribution in [0.25, 0.3) is 0 Å². The van der Waals surface area contributed by atoms with E-state index in [2.05, 4.69) is 5.32 Å². The van der Waals surface area contributed by atoms with E-state index in [1.54, 1.807) is 20.8 Å². The lowest BCUT2D eigenvalue weighted by atomic mass is 9.80. The Morgan fingerprint density at radius 3 is 2.33 bits per heavy atom. The summed E-state index contributed by atoms with van der Waals surface area (Å²) in [5.74, 6) is 0.119. The van der Waals surface area contributed by atoms with Crippen LogP contribution < -0.4 is 5.32 Å². The highest BCUT2D eigenvalue weighted by atomic mass is 16.6. The number of alkyl carbamates (subject to hydrolysis) is 1. The molecular formula is C13H23NO4. The molecule has 0 unspecified atom stereocenters. The van der Waals surface area contributed by atoms with Crippen molar-refractivity contribution in [2.45, 2.75) is 51.7 Å². The molecule has 104 valence electrons. The number of rotatable bonds is 5. The summed E-state index contributed by atoms with van der Waals surface area (Å²) in [6, 6.07) is -0.602. The van der Waals surface area contributed by atoms with E-state index < -0.39 is 17.7 Å². The Kier molecular flexibility index (Phi) is 5.14. The van der Waals surface area contributed by atoms with Gasteiger partial charge in [-0.3, -0.25) is 4.79 Å². The number of nitrogens with one attached hydrogen (secondary N) is 1. The third kappa shape index (κ3) is 4.64. The Morgan fingerprint density at radius 2 is 1.94 bits per heavy atom. The average Bonchev–Trinajstić information content (AvgIpc) is 2.11. The lowest BCUT2D eigenvalue weighted by molar-refractivity contribution is -0.128. The smallest absolute Gasteiger partial charge is 0.408 e. The normalized spacial score (nSPS) is 17.8. The first kappa shape index (κ1) is 15.0. The molecule has 1 fully saturated rings. The number of ketones is 1. The molecule has 0 aliphatic heterocycles. The summed E-state index contributed by atoms with van der Waals surface area (Å²) >= 11 is 0. The van der Waals surface area contributed by atoms with Crippen LogP contribution in [-0.4, -0.2) is 37.2 Å². The minimum Gasteiger partial charge on any atom is -0.444 e. The van der Waals surface area contributed by atoms with Gasteiger partial charge in [-0.2, -0.15) is 0 Å². The first-order chi connectivity index (χ1) is 8.33. The van der Waals surface area contributed by atoms with Gasteiger partial charge in [0.2, 0.25) is 0 Å². The molecule has 1 amide bonds. The maximum atomic E-state index is 12.1. The number of hydrogen-bond donors (Lipinski definition) is 1. The van der Waals surface area contributed by atoms with Crippen molar-refractivity contribution >= 4 is 11.9 Å². The minimum absolute atomic E-state index is 0.0500. The van der Waals surface area contributed by atoms with Crippen LogP contribution in [0.15, 0.2) is 0 Å². The van der Waals surface area contributed by atoms with E-state index in [-0.39, 0.29) is 18.3 Å². The standard InChI is InChI=1S/C13H23NO4/c1-13(2,3)18-12(16)14-10(8-17-4)11(15)9-6-5-7-9/h9-10H,5-8H2,1-4H3,(H,14,16)/t10-/m0/s1. The number of methoxy groups -OCH3 is 1. The van der Waals surface area contributed by atoms with Gasteiger partial charge >= 0.3 is 6.09 Å². The first-order valence-electron chi connectivity index (χ1n) is 6.35. The van der Waals surface area contributed by atoms with Crippen LogP contribution in [-0.2, 0) is 14.3 Å². The summed E-state index contributed by atoms with van der Waals surface area (Å²) in [5, 5.41) is 2.59. The fourth-order valence-corrected chi connectivity index (χ4v) is 1.79. The zero-order valence-corrected chi connectivity index (χ0v) is 11.6. The van der Waals surface area contributed by atoms with Gasteiger partial charge in [0.1, 0.15) is 11.6 Å². The molecule has 0 aromatic heterocycles. The quantitative estimate of drug-likeness (QED) is 0.817. The van der Waals surface area contributed by atoms with Crippen molar-refractivity contribution < 1.29 is 19.1 Å². The van der Waals surface area contributed by atoms with Gasteiger partial charge in [0.25, 0.3) is 0 Å². The zero-order valence-electron chi connectivity index (χ0n) is 11.6. The predicted octanol–water partition coefficient (Wildman–Crippen LogP) is 1.90. The van der Waals surface area contributed by atoms with Crippen LogP contribution in [0.2, 0.25) is 0 Å². The van der Waals surface area contributed by atoms with E-state index >= 15 is 0 Å². The summed E-state index contributed by atoms with van der Waals surface area (Å²) in [7, 11) is 1.51. The summed E-state index contributed by atoms with van der Waals surface area (Å²) in [5.41, 5.74) is -0.568. The number of Topliss-reactive ketones (excluding diaryl/α,β-unsaturated/α-hetero) is 1. The van der Waals surface area contributed by atoms with Gasteiger partial charge in [-0.25, -0.2) is 4.79 Å². The summed E-state index contributed by atoms with van der Waals surface area (Å²) in [6.07, 6.45) is 2.34. The molecule has 1 aliphatic rings. The second-order valence-electron chi connectivity index (χ2n) is 5.68. The van der Waals surface area contributed by atoms with Crippen LogP contribution in [0.5, 0.6) is 0 Å². The number of carbonyl (C=O) groups excluding carboxylic acids is 2. The molecule has 0 saturated heterocycles. The first-order valence-corrected chi connectivity index (χ1v) is 6.35. The van der Waals surface area contributed by atoms with Crippen molar-refractivity contribution in [1.29, 1.82) is 0 Å². The number of ether oxygens (including phenoxy) is 2. The Morgan fingerprint density at radius 1 is 1.33 bits per heavy atom. The van der Waals surface area contributed by atoms with Crippen LogP contribution >= 0.6 is 0 Å². The molecule has 1 aliphatic carbocycles. The Hall–Kier alpha value is -1.10. The third-order valence-corrected chi connectivity index (χ3v) is 2.88. The molecule has 0 heterocycles. The summed E-state index contributed by atoms with van der Waals surface area (Å²) < 4.78 is 10.1. The van der Waals surface area contributed by atoms with Gasteiger partial charge in [-0.05, 0) is 33.6 Å². The average molecular weight is 257 g/mol. The van der Waals surface area contributed by atoms with Gasteiger partial charge in [0, 0.05) is 13.0 Å². The fraction of sp³-hybridized carbons (Fsp3) is 0.846. The third-order valence-electron chi connectivity index (χ3n) is 2.88. The van der Waals surface area contributed by atoms with Crippen LogP contribution in [0.1, 0.15) is 40.0 Å². The maximum absolute atomic E-state index is 12.1. The molecule has 1 saturated carbocycles. The molecular weight excluding hydrogens is 234 g/mol. The molecule has 0 spiro atoms. The van der Waals surface area contributed by atoms with Crippen molar-refractivity contribution in [2.24, 2.45) is 5.92 Å². The van der Waals surface area contributed by atoms with Crippen molar-refractivity contribution in [3.63, 3.8) is 0 Å². The molecule has 18 heavy (non-hydrogen) atoms. The van der Waals surface area contributed by atoms with Crippen LogP contribution in [0.4, 0.5) is 4.79 Å². The van der Waals surface area contributed by atoms with E-state index in [1.165, 1.54) is 7.11 Å². The second-order valence-corrected chi connectivity index (χ2v) is 5.68. The number of carbonyl (C=O) groups is 2. The van der Waals surface area contributed by atoms with Crippen molar-refractivity contribution in [3.05, 3.63) is 0 Å². The predicted molar refractivity (Wildman–Crippen MR) is 67.4 cm³/mol. The molecule has 0 aromatic carbocycles. The SMILES string of the molecule is COC[C@H](NC(=O)OC(C)(C)C)C(=O)C1CCC1. The Bertz CT molecular complexity index is 305. The van der Waals surface area contributed by atoms with E-state index in [0.29, 0.717) is 0 Å². The lowest BCUT2D eigenvalue weighted by Gasteiger charge is -2.29. The van der Waals surface area contributed by atoms with E-state index in [1.807, 2.05) is 0 Å². The minimum atomic E-state index is -0.602. The fourth-order valence-electron chi connectivity index (χ4n) is 1.79. The largest absolute Gasteiger partial charge is 0.444 e. The van der Waals surface area contributed by atoms with E-state index in [0.717, 1.165) is 19.3 Å². The molecule has 5 nitrogen and oxygen atoms in total. The summed E-state index contributed by atoms with van der Waals surface area (Å²) in [4.78, 5) is 23.7. The van der Waals surface area contributed by atoms with Crippen LogP contribution in [0.3, 0.4) is 0 Å². The highest BCUT2D eigenvalue weighted by Crippen LogP contribution is 2.28. The molecule has 5 heteroatoms. The molecule has 0 aromatic rings. The van der Waals surface area contributed by atoms with Crippen molar-refractivity contribution in [2.75, 3.05) is 13.7 Å².